The predicted molar refractivity (Wildman–Crippen MR) is 89.6 cm³/mol. The Hall–Kier alpha value is 0.140. The summed E-state index contributed by atoms with van der Waals surface area (Å²) in [4.78, 5) is 10.6. The standard InChI is InChI=1S/C17H27IO/c1-2-3-7-15-14-8-4-6-13(14)10-11-16(15)17(18)9-5-12-19/h2,12-17H,1,3-11H2/t13?,14-,15?,16+,17?/m1/s1. The van der Waals surface area contributed by atoms with Gasteiger partial charge in [-0.2, -0.15) is 0 Å². The molecule has 2 heteroatoms. The van der Waals surface area contributed by atoms with Crippen LogP contribution in [0.2, 0.25) is 0 Å². The number of carbonyl (C=O) groups excluding carboxylic acids is 1. The molecule has 0 bridgehead atoms. The van der Waals surface area contributed by atoms with Crippen LogP contribution in [0.25, 0.3) is 0 Å². The molecule has 0 aromatic heterocycles. The number of carbonyl (C=O) groups is 1. The van der Waals surface area contributed by atoms with Gasteiger partial charge in [-0.05, 0) is 62.2 Å². The first-order valence-electron chi connectivity index (χ1n) is 7.96. The Labute approximate surface area is 131 Å². The lowest BCUT2D eigenvalue weighted by Crippen LogP contribution is -2.36. The zero-order valence-electron chi connectivity index (χ0n) is 11.9. The van der Waals surface area contributed by atoms with Crippen molar-refractivity contribution in [2.24, 2.45) is 23.7 Å². The molecular weight excluding hydrogens is 347 g/mol. The van der Waals surface area contributed by atoms with Gasteiger partial charge in [0.05, 0.1) is 0 Å². The van der Waals surface area contributed by atoms with E-state index in [0.29, 0.717) is 3.92 Å². The van der Waals surface area contributed by atoms with E-state index in [2.05, 4.69) is 35.2 Å². The van der Waals surface area contributed by atoms with Crippen molar-refractivity contribution in [3.05, 3.63) is 12.7 Å². The van der Waals surface area contributed by atoms with Crippen LogP contribution in [0, 0.1) is 23.7 Å². The molecule has 0 amide bonds. The minimum Gasteiger partial charge on any atom is -0.303 e. The quantitative estimate of drug-likeness (QED) is 0.260. The molecule has 0 N–H and O–H groups in total. The van der Waals surface area contributed by atoms with E-state index in [4.69, 9.17) is 0 Å². The molecule has 0 aliphatic heterocycles. The first-order chi connectivity index (χ1) is 9.27. The third-order valence-corrected chi connectivity index (χ3v) is 6.96. The average molecular weight is 374 g/mol. The lowest BCUT2D eigenvalue weighted by molar-refractivity contribution is -0.108. The summed E-state index contributed by atoms with van der Waals surface area (Å²) in [6, 6.07) is 0. The van der Waals surface area contributed by atoms with Crippen molar-refractivity contribution in [2.75, 3.05) is 0 Å². The van der Waals surface area contributed by atoms with Crippen molar-refractivity contribution in [1.29, 1.82) is 0 Å². The molecule has 0 heterocycles. The zero-order valence-corrected chi connectivity index (χ0v) is 14.1. The van der Waals surface area contributed by atoms with Crippen LogP contribution < -0.4 is 0 Å². The highest BCUT2D eigenvalue weighted by atomic mass is 127. The van der Waals surface area contributed by atoms with Crippen LogP contribution in [0.3, 0.4) is 0 Å². The van der Waals surface area contributed by atoms with E-state index >= 15 is 0 Å². The van der Waals surface area contributed by atoms with E-state index in [1.807, 2.05) is 0 Å². The topological polar surface area (TPSA) is 17.1 Å². The van der Waals surface area contributed by atoms with Crippen molar-refractivity contribution in [2.45, 2.75) is 61.7 Å². The number of allylic oxidation sites excluding steroid dienone is 1. The van der Waals surface area contributed by atoms with Gasteiger partial charge < -0.3 is 4.79 Å². The summed E-state index contributed by atoms with van der Waals surface area (Å²) in [5.74, 6) is 3.74. The van der Waals surface area contributed by atoms with Crippen LogP contribution in [0.1, 0.15) is 57.8 Å². The van der Waals surface area contributed by atoms with Gasteiger partial charge in [0.15, 0.2) is 0 Å². The minimum absolute atomic E-state index is 0.694. The molecule has 0 radical (unpaired) electrons. The Bertz CT molecular complexity index is 302. The second-order valence-corrected chi connectivity index (χ2v) is 7.99. The van der Waals surface area contributed by atoms with Crippen LogP contribution >= 0.6 is 22.6 Å². The third-order valence-electron chi connectivity index (χ3n) is 5.42. The molecule has 0 aromatic rings. The van der Waals surface area contributed by atoms with E-state index in [1.165, 1.54) is 44.9 Å². The maximum absolute atomic E-state index is 10.6. The lowest BCUT2D eigenvalue weighted by atomic mass is 9.65. The highest BCUT2D eigenvalue weighted by Gasteiger charge is 2.42. The molecule has 19 heavy (non-hydrogen) atoms. The Kier molecular flexibility index (Phi) is 6.37. The molecule has 0 aromatic carbocycles. The van der Waals surface area contributed by atoms with Gasteiger partial charge in [-0.3, -0.25) is 0 Å². The number of aldehydes is 1. The molecule has 0 saturated heterocycles. The fourth-order valence-electron chi connectivity index (χ4n) is 4.55. The van der Waals surface area contributed by atoms with Crippen LogP contribution in [-0.2, 0) is 4.79 Å². The van der Waals surface area contributed by atoms with Gasteiger partial charge in [-0.15, -0.1) is 6.58 Å². The van der Waals surface area contributed by atoms with Gasteiger partial charge in [0.1, 0.15) is 6.29 Å². The van der Waals surface area contributed by atoms with Gasteiger partial charge in [-0.1, -0.05) is 41.5 Å². The van der Waals surface area contributed by atoms with Gasteiger partial charge >= 0.3 is 0 Å². The maximum atomic E-state index is 10.6. The molecule has 108 valence electrons. The van der Waals surface area contributed by atoms with Gasteiger partial charge in [0, 0.05) is 10.3 Å². The summed E-state index contributed by atoms with van der Waals surface area (Å²) in [7, 11) is 0. The molecule has 5 atom stereocenters. The van der Waals surface area contributed by atoms with E-state index < -0.39 is 0 Å². The maximum Gasteiger partial charge on any atom is 0.120 e. The number of fused-ring (bicyclic) bond motifs is 1. The van der Waals surface area contributed by atoms with Crippen LogP contribution in [0.5, 0.6) is 0 Å². The largest absolute Gasteiger partial charge is 0.303 e. The molecule has 2 rings (SSSR count). The second-order valence-electron chi connectivity index (χ2n) is 6.39. The minimum atomic E-state index is 0.694. The number of hydrogen-bond acceptors (Lipinski definition) is 1. The van der Waals surface area contributed by atoms with E-state index in [1.54, 1.807) is 0 Å². The highest BCUT2D eigenvalue weighted by Crippen LogP contribution is 2.51. The first-order valence-corrected chi connectivity index (χ1v) is 9.21. The molecule has 2 aliphatic rings. The van der Waals surface area contributed by atoms with Crippen molar-refractivity contribution in [3.8, 4) is 0 Å². The summed E-state index contributed by atoms with van der Waals surface area (Å²) in [6.45, 7) is 3.90. The molecule has 2 fully saturated rings. The van der Waals surface area contributed by atoms with Crippen molar-refractivity contribution in [3.63, 3.8) is 0 Å². The van der Waals surface area contributed by atoms with Crippen LogP contribution in [-0.4, -0.2) is 10.2 Å². The highest BCUT2D eigenvalue weighted by molar-refractivity contribution is 14.1. The molecule has 1 nitrogen and oxygen atoms in total. The van der Waals surface area contributed by atoms with Crippen molar-refractivity contribution >= 4 is 28.9 Å². The zero-order chi connectivity index (χ0) is 13.7. The Morgan fingerprint density at radius 1 is 1.21 bits per heavy atom. The summed E-state index contributed by atoms with van der Waals surface area (Å²) in [6.07, 6.45) is 14.7. The molecule has 2 aliphatic carbocycles. The summed E-state index contributed by atoms with van der Waals surface area (Å²) in [5.41, 5.74) is 0. The number of halogens is 1. The predicted octanol–water partition coefficient (Wildman–Crippen LogP) is 5.18. The van der Waals surface area contributed by atoms with Gasteiger partial charge in [0.2, 0.25) is 0 Å². The second kappa shape index (κ2) is 7.80. The van der Waals surface area contributed by atoms with E-state index in [0.717, 1.165) is 42.8 Å². The summed E-state index contributed by atoms with van der Waals surface area (Å²) < 4.78 is 0.694. The molecule has 0 spiro atoms. The lowest BCUT2D eigenvalue weighted by Gasteiger charge is -2.42. The van der Waals surface area contributed by atoms with E-state index in [9.17, 15) is 4.79 Å². The van der Waals surface area contributed by atoms with Crippen molar-refractivity contribution in [1.82, 2.24) is 0 Å². The smallest absolute Gasteiger partial charge is 0.120 e. The number of hydrogen-bond donors (Lipinski definition) is 0. The fraction of sp³-hybridized carbons (Fsp3) is 0.824. The summed E-state index contributed by atoms with van der Waals surface area (Å²) >= 11 is 2.62. The molecule has 3 unspecified atom stereocenters. The third kappa shape index (κ3) is 3.83. The Morgan fingerprint density at radius 3 is 2.79 bits per heavy atom. The monoisotopic (exact) mass is 374 g/mol. The van der Waals surface area contributed by atoms with Gasteiger partial charge in [-0.25, -0.2) is 0 Å². The van der Waals surface area contributed by atoms with Crippen LogP contribution in [0.4, 0.5) is 0 Å². The van der Waals surface area contributed by atoms with E-state index in [-0.39, 0.29) is 0 Å². The Balaban J connectivity index is 2.01. The average Bonchev–Trinajstić information content (AvgIpc) is 2.90. The molecule has 2 saturated carbocycles. The Morgan fingerprint density at radius 2 is 2.05 bits per heavy atom. The van der Waals surface area contributed by atoms with Gasteiger partial charge in [0.25, 0.3) is 0 Å². The summed E-state index contributed by atoms with van der Waals surface area (Å²) in [5, 5.41) is 0. The number of alkyl halides is 1. The normalized spacial score (nSPS) is 35.6. The number of rotatable bonds is 7. The van der Waals surface area contributed by atoms with Crippen molar-refractivity contribution < 1.29 is 4.79 Å². The SMILES string of the molecule is C=CCCC1[C@@H](C(I)CCC=O)CCC2CCC[C@H]21. The van der Waals surface area contributed by atoms with Crippen LogP contribution in [0.15, 0.2) is 12.7 Å². The molecular formula is C17H27IO. The first kappa shape index (κ1) is 15.5. The fourth-order valence-corrected chi connectivity index (χ4v) is 5.81.